The number of benzene rings is 1. The van der Waals surface area contributed by atoms with Crippen LogP contribution >= 0.6 is 0 Å². The van der Waals surface area contributed by atoms with Crippen molar-refractivity contribution in [3.05, 3.63) is 41.7 Å². The summed E-state index contributed by atoms with van der Waals surface area (Å²) in [6.07, 6.45) is 0.601. The van der Waals surface area contributed by atoms with Crippen molar-refractivity contribution in [3.8, 4) is 0 Å². The molecule has 0 spiro atoms. The fourth-order valence-electron chi connectivity index (χ4n) is 1.84. The van der Waals surface area contributed by atoms with E-state index in [2.05, 4.69) is 10.3 Å². The molecular weight excluding hydrogens is 321 g/mol. The van der Waals surface area contributed by atoms with Gasteiger partial charge in [0.05, 0.1) is 37.0 Å². The van der Waals surface area contributed by atoms with E-state index in [4.69, 9.17) is 9.76 Å². The Morgan fingerprint density at radius 2 is 2.04 bits per heavy atom. The van der Waals surface area contributed by atoms with Gasteiger partial charge in [-0.05, 0) is 19.1 Å². The largest absolute Gasteiger partial charge is 0.427 e. The van der Waals surface area contributed by atoms with Gasteiger partial charge in [-0.2, -0.15) is 0 Å². The van der Waals surface area contributed by atoms with Crippen LogP contribution in [0.25, 0.3) is 0 Å². The van der Waals surface area contributed by atoms with Gasteiger partial charge >= 0.3 is 6.76 Å². The van der Waals surface area contributed by atoms with Crippen molar-refractivity contribution in [3.63, 3.8) is 0 Å². The standard InChI is InChI=1S/C13H18BN3O5S/c1-10-2-4-13(5-3-10)23(20,21)14-22-9-11-6-17(16-15-11)7-12(19)8-18/h2-6,12,14,18-19H,7-9H2,1H3. The fraction of sp³-hybridized carbons (Fsp3) is 0.385. The number of hydrogen-bond donors (Lipinski definition) is 2. The number of rotatable bonds is 8. The molecule has 124 valence electrons. The highest BCUT2D eigenvalue weighted by atomic mass is 32.2. The average molecular weight is 339 g/mol. The lowest BCUT2D eigenvalue weighted by molar-refractivity contribution is 0.0778. The lowest BCUT2D eigenvalue weighted by Gasteiger charge is -2.05. The summed E-state index contributed by atoms with van der Waals surface area (Å²) in [6.45, 7) is 1.14. The molecule has 0 aliphatic heterocycles. The average Bonchev–Trinajstić information content (AvgIpc) is 2.94. The monoisotopic (exact) mass is 339 g/mol. The minimum absolute atomic E-state index is 0.0136. The smallest absolute Gasteiger partial charge is 0.418 e. The summed E-state index contributed by atoms with van der Waals surface area (Å²) in [6, 6.07) is 6.54. The molecule has 1 aromatic heterocycles. The van der Waals surface area contributed by atoms with Crippen molar-refractivity contribution in [1.29, 1.82) is 0 Å². The molecule has 1 atom stereocenters. The van der Waals surface area contributed by atoms with E-state index >= 15 is 0 Å². The van der Waals surface area contributed by atoms with Crippen LogP contribution in [0.3, 0.4) is 0 Å². The van der Waals surface area contributed by atoms with Crippen molar-refractivity contribution in [2.75, 3.05) is 6.61 Å². The summed E-state index contributed by atoms with van der Waals surface area (Å²) >= 11 is 0. The maximum absolute atomic E-state index is 12.1. The van der Waals surface area contributed by atoms with Gasteiger partial charge < -0.3 is 14.9 Å². The Balaban J connectivity index is 1.88. The first-order valence-electron chi connectivity index (χ1n) is 6.96. The molecule has 1 heterocycles. The Kier molecular flexibility index (Phi) is 5.88. The second kappa shape index (κ2) is 7.69. The molecule has 0 bridgehead atoms. The van der Waals surface area contributed by atoms with E-state index in [-0.39, 0.29) is 24.7 Å². The van der Waals surface area contributed by atoms with Gasteiger partial charge in [0, 0.05) is 0 Å². The van der Waals surface area contributed by atoms with E-state index in [1.54, 1.807) is 24.3 Å². The Bertz CT molecular complexity index is 732. The third kappa shape index (κ3) is 5.14. The van der Waals surface area contributed by atoms with Crippen LogP contribution in [0.1, 0.15) is 11.3 Å². The van der Waals surface area contributed by atoms with Crippen LogP contribution in [0.15, 0.2) is 35.4 Å². The molecule has 0 aliphatic rings. The second-order valence-corrected chi connectivity index (χ2v) is 7.10. The molecular formula is C13H18BN3O5S. The summed E-state index contributed by atoms with van der Waals surface area (Å²) < 4.78 is 30.7. The molecule has 2 N–H and O–H groups in total. The van der Waals surface area contributed by atoms with E-state index in [1.165, 1.54) is 10.9 Å². The van der Waals surface area contributed by atoms with Crippen LogP contribution in [0, 0.1) is 6.92 Å². The van der Waals surface area contributed by atoms with Gasteiger partial charge in [-0.15, -0.1) is 5.10 Å². The molecule has 0 fully saturated rings. The molecule has 0 aliphatic carbocycles. The molecule has 0 saturated heterocycles. The van der Waals surface area contributed by atoms with Gasteiger partial charge in [0.25, 0.3) is 0 Å². The summed E-state index contributed by atoms with van der Waals surface area (Å²) in [7, 11) is -3.51. The minimum atomic E-state index is -3.51. The van der Waals surface area contributed by atoms with Gasteiger partial charge in [0.1, 0.15) is 5.69 Å². The van der Waals surface area contributed by atoms with Gasteiger partial charge in [-0.25, -0.2) is 13.1 Å². The Morgan fingerprint density at radius 3 is 2.70 bits per heavy atom. The predicted molar refractivity (Wildman–Crippen MR) is 83.4 cm³/mol. The van der Waals surface area contributed by atoms with Crippen molar-refractivity contribution < 1.29 is 23.3 Å². The molecule has 10 heteroatoms. The maximum Gasteiger partial charge on any atom is 0.427 e. The zero-order chi connectivity index (χ0) is 16.9. The van der Waals surface area contributed by atoms with Gasteiger partial charge in [0.2, 0.25) is 0 Å². The molecule has 23 heavy (non-hydrogen) atoms. The van der Waals surface area contributed by atoms with Gasteiger partial charge in [-0.3, -0.25) is 0 Å². The number of nitrogens with zero attached hydrogens (tertiary/aromatic N) is 3. The summed E-state index contributed by atoms with van der Waals surface area (Å²) in [5.74, 6) is 0. The second-order valence-electron chi connectivity index (χ2n) is 5.16. The molecule has 2 aromatic rings. The number of aryl methyl sites for hydroxylation is 1. The van der Waals surface area contributed by atoms with E-state index in [1.807, 2.05) is 6.92 Å². The lowest BCUT2D eigenvalue weighted by atomic mass is 10.2. The minimum Gasteiger partial charge on any atom is -0.418 e. The highest BCUT2D eigenvalue weighted by molar-refractivity contribution is 8.14. The van der Waals surface area contributed by atoms with Gasteiger partial charge in [0.15, 0.2) is 9.69 Å². The molecule has 0 radical (unpaired) electrons. The zero-order valence-electron chi connectivity index (χ0n) is 12.7. The van der Waals surface area contributed by atoms with Crippen LogP contribution in [-0.2, 0) is 27.5 Å². The van der Waals surface area contributed by atoms with Crippen molar-refractivity contribution >= 4 is 16.4 Å². The Labute approximate surface area is 134 Å². The van der Waals surface area contributed by atoms with Crippen molar-refractivity contribution in [2.45, 2.75) is 31.1 Å². The van der Waals surface area contributed by atoms with Crippen LogP contribution in [0.4, 0.5) is 0 Å². The van der Waals surface area contributed by atoms with E-state index in [0.29, 0.717) is 5.69 Å². The van der Waals surface area contributed by atoms with Crippen LogP contribution in [-0.4, -0.2) is 53.1 Å². The van der Waals surface area contributed by atoms with E-state index < -0.39 is 22.6 Å². The molecule has 8 nitrogen and oxygen atoms in total. The fourth-order valence-corrected chi connectivity index (χ4v) is 2.83. The first-order valence-corrected chi connectivity index (χ1v) is 8.61. The SMILES string of the molecule is Cc1ccc(S(=O)(=O)BOCc2cn(CC(O)CO)nn2)cc1. The number of hydrogen-bond acceptors (Lipinski definition) is 7. The van der Waals surface area contributed by atoms with Crippen LogP contribution < -0.4 is 0 Å². The Hall–Kier alpha value is -1.75. The van der Waals surface area contributed by atoms with Crippen molar-refractivity contribution in [1.82, 2.24) is 15.0 Å². The lowest BCUT2D eigenvalue weighted by Crippen LogP contribution is -2.20. The molecule has 0 amide bonds. The quantitative estimate of drug-likeness (QED) is 0.605. The number of aliphatic hydroxyl groups is 2. The third-order valence-corrected chi connectivity index (χ3v) is 4.53. The first kappa shape index (κ1) is 17.6. The highest BCUT2D eigenvalue weighted by Gasteiger charge is 2.18. The molecule has 1 unspecified atom stereocenters. The van der Waals surface area contributed by atoms with E-state index in [9.17, 15) is 13.5 Å². The number of aromatic nitrogens is 3. The molecule has 1 aromatic carbocycles. The summed E-state index contributed by atoms with van der Waals surface area (Å²) in [4.78, 5) is 0.206. The highest BCUT2D eigenvalue weighted by Crippen LogP contribution is 2.11. The summed E-state index contributed by atoms with van der Waals surface area (Å²) in [5, 5.41) is 25.6. The normalized spacial score (nSPS) is 13.0. The maximum atomic E-state index is 12.1. The topological polar surface area (TPSA) is 115 Å². The van der Waals surface area contributed by atoms with E-state index in [0.717, 1.165) is 5.56 Å². The number of aliphatic hydroxyl groups excluding tert-OH is 2. The zero-order valence-corrected chi connectivity index (χ0v) is 13.5. The Morgan fingerprint density at radius 1 is 1.35 bits per heavy atom. The van der Waals surface area contributed by atoms with Crippen LogP contribution in [0.5, 0.6) is 0 Å². The summed E-state index contributed by atoms with van der Waals surface area (Å²) in [5.41, 5.74) is 1.42. The first-order chi connectivity index (χ1) is 10.9. The van der Waals surface area contributed by atoms with Crippen molar-refractivity contribution in [2.24, 2.45) is 0 Å². The predicted octanol–water partition coefficient (Wildman–Crippen LogP) is -0.803. The molecule has 2 rings (SSSR count). The van der Waals surface area contributed by atoms with Crippen LogP contribution in [0.2, 0.25) is 0 Å². The molecule has 0 saturated carbocycles. The third-order valence-electron chi connectivity index (χ3n) is 3.06. The van der Waals surface area contributed by atoms with Gasteiger partial charge in [-0.1, -0.05) is 22.9 Å².